The third kappa shape index (κ3) is 1.87. The van der Waals surface area contributed by atoms with Gasteiger partial charge in [0.15, 0.2) is 0 Å². The van der Waals surface area contributed by atoms with E-state index >= 15 is 0 Å². The molecule has 1 aromatic rings. The summed E-state index contributed by atoms with van der Waals surface area (Å²) in [5.74, 6) is -0.0612. The van der Waals surface area contributed by atoms with Crippen molar-refractivity contribution in [3.05, 3.63) is 6.33 Å². The second-order valence-electron chi connectivity index (χ2n) is 3.29. The SMILES string of the molecule is O=C(Cn1cnnn1)N1CCC(O)C1. The molecule has 1 unspecified atom stereocenters. The van der Waals surface area contributed by atoms with Crippen molar-refractivity contribution in [2.45, 2.75) is 19.1 Å². The highest BCUT2D eigenvalue weighted by atomic mass is 16.3. The Labute approximate surface area is 80.3 Å². The molecule has 0 aromatic carbocycles. The van der Waals surface area contributed by atoms with Crippen LogP contribution in [0.5, 0.6) is 0 Å². The first-order valence-corrected chi connectivity index (χ1v) is 4.42. The van der Waals surface area contributed by atoms with Gasteiger partial charge in [0, 0.05) is 13.1 Å². The number of carbonyl (C=O) groups excluding carboxylic acids is 1. The van der Waals surface area contributed by atoms with E-state index in [1.54, 1.807) is 4.90 Å². The molecule has 14 heavy (non-hydrogen) atoms. The van der Waals surface area contributed by atoms with Crippen LogP contribution in [-0.2, 0) is 11.3 Å². The molecule has 1 aliphatic heterocycles. The summed E-state index contributed by atoms with van der Waals surface area (Å²) >= 11 is 0. The van der Waals surface area contributed by atoms with Crippen LogP contribution in [0.4, 0.5) is 0 Å². The molecule has 1 atom stereocenters. The molecule has 0 spiro atoms. The third-order valence-corrected chi connectivity index (χ3v) is 2.20. The van der Waals surface area contributed by atoms with Gasteiger partial charge >= 0.3 is 0 Å². The van der Waals surface area contributed by atoms with Crippen molar-refractivity contribution >= 4 is 5.91 Å². The molecule has 0 bridgehead atoms. The van der Waals surface area contributed by atoms with E-state index in [1.807, 2.05) is 0 Å². The lowest BCUT2D eigenvalue weighted by atomic mass is 10.3. The molecule has 1 aliphatic rings. The molecule has 2 rings (SSSR count). The summed E-state index contributed by atoms with van der Waals surface area (Å²) in [6.45, 7) is 1.17. The zero-order valence-electron chi connectivity index (χ0n) is 7.57. The fourth-order valence-electron chi connectivity index (χ4n) is 1.46. The van der Waals surface area contributed by atoms with E-state index in [2.05, 4.69) is 15.5 Å². The average Bonchev–Trinajstić information content (AvgIpc) is 2.75. The van der Waals surface area contributed by atoms with Crippen LogP contribution in [0.3, 0.4) is 0 Å². The van der Waals surface area contributed by atoms with E-state index < -0.39 is 0 Å². The number of nitrogens with zero attached hydrogens (tertiary/aromatic N) is 5. The Balaban J connectivity index is 1.90. The van der Waals surface area contributed by atoms with Crippen LogP contribution in [0.1, 0.15) is 6.42 Å². The van der Waals surface area contributed by atoms with E-state index in [1.165, 1.54) is 11.0 Å². The number of β-amino-alcohol motifs (C(OH)–C–C–N with tert-alkyl or cyclic N) is 1. The molecule has 76 valence electrons. The minimum absolute atomic E-state index is 0.0612. The van der Waals surface area contributed by atoms with Crippen LogP contribution in [0.15, 0.2) is 6.33 Å². The number of aromatic nitrogens is 4. The Kier molecular flexibility index (Phi) is 2.40. The predicted octanol–water partition coefficient (Wildman–Crippen LogP) is -1.73. The van der Waals surface area contributed by atoms with E-state index in [0.29, 0.717) is 19.5 Å². The Morgan fingerprint density at radius 1 is 1.64 bits per heavy atom. The number of hydrogen-bond donors (Lipinski definition) is 1. The van der Waals surface area contributed by atoms with Crippen molar-refractivity contribution < 1.29 is 9.90 Å². The van der Waals surface area contributed by atoms with E-state index in [4.69, 9.17) is 0 Å². The molecule has 0 radical (unpaired) electrons. The van der Waals surface area contributed by atoms with Crippen molar-refractivity contribution in [1.82, 2.24) is 25.1 Å². The zero-order valence-corrected chi connectivity index (χ0v) is 7.57. The zero-order chi connectivity index (χ0) is 9.97. The molecule has 7 heteroatoms. The fourth-order valence-corrected chi connectivity index (χ4v) is 1.46. The topological polar surface area (TPSA) is 84.1 Å². The smallest absolute Gasteiger partial charge is 0.244 e. The Bertz CT molecular complexity index is 312. The summed E-state index contributed by atoms with van der Waals surface area (Å²) in [7, 11) is 0. The van der Waals surface area contributed by atoms with Gasteiger partial charge in [-0.25, -0.2) is 4.68 Å². The second kappa shape index (κ2) is 3.70. The van der Waals surface area contributed by atoms with Gasteiger partial charge in [-0.05, 0) is 16.8 Å². The summed E-state index contributed by atoms with van der Waals surface area (Å²) in [5.41, 5.74) is 0. The van der Waals surface area contributed by atoms with Crippen molar-refractivity contribution in [1.29, 1.82) is 0 Å². The normalized spacial score (nSPS) is 21.5. The summed E-state index contributed by atoms with van der Waals surface area (Å²) in [6, 6.07) is 0. The van der Waals surface area contributed by atoms with Crippen LogP contribution in [0.2, 0.25) is 0 Å². The molecule has 1 N–H and O–H groups in total. The maximum absolute atomic E-state index is 11.6. The summed E-state index contributed by atoms with van der Waals surface area (Å²) < 4.78 is 1.37. The largest absolute Gasteiger partial charge is 0.391 e. The van der Waals surface area contributed by atoms with Crippen LogP contribution < -0.4 is 0 Å². The van der Waals surface area contributed by atoms with Gasteiger partial charge in [-0.2, -0.15) is 0 Å². The van der Waals surface area contributed by atoms with E-state index in [0.717, 1.165) is 0 Å². The minimum atomic E-state index is -0.382. The Morgan fingerprint density at radius 2 is 2.50 bits per heavy atom. The first kappa shape index (κ1) is 9.07. The number of carbonyl (C=O) groups is 1. The minimum Gasteiger partial charge on any atom is -0.391 e. The molecule has 1 aromatic heterocycles. The summed E-state index contributed by atoms with van der Waals surface area (Å²) in [4.78, 5) is 13.2. The number of amides is 1. The van der Waals surface area contributed by atoms with Gasteiger partial charge in [0.05, 0.1) is 6.10 Å². The standard InChI is InChI=1S/C7H11N5O2/c13-6-1-2-11(3-6)7(14)4-12-5-8-9-10-12/h5-6,13H,1-4H2. The second-order valence-corrected chi connectivity index (χ2v) is 3.29. The van der Waals surface area contributed by atoms with Crippen LogP contribution in [-0.4, -0.2) is 55.3 Å². The lowest BCUT2D eigenvalue weighted by Gasteiger charge is -2.14. The Morgan fingerprint density at radius 3 is 3.07 bits per heavy atom. The van der Waals surface area contributed by atoms with Gasteiger partial charge in [0.2, 0.25) is 5.91 Å². The van der Waals surface area contributed by atoms with Gasteiger partial charge in [-0.1, -0.05) is 0 Å². The van der Waals surface area contributed by atoms with Crippen molar-refractivity contribution in [2.24, 2.45) is 0 Å². The number of rotatable bonds is 2. The van der Waals surface area contributed by atoms with E-state index in [9.17, 15) is 9.90 Å². The maximum atomic E-state index is 11.6. The molecule has 1 saturated heterocycles. The number of aliphatic hydroxyl groups is 1. The Hall–Kier alpha value is -1.50. The first-order valence-electron chi connectivity index (χ1n) is 4.42. The van der Waals surface area contributed by atoms with Crippen molar-refractivity contribution in [3.63, 3.8) is 0 Å². The molecule has 0 saturated carbocycles. The molecule has 7 nitrogen and oxygen atoms in total. The van der Waals surface area contributed by atoms with Gasteiger partial charge < -0.3 is 10.0 Å². The maximum Gasteiger partial charge on any atom is 0.244 e. The van der Waals surface area contributed by atoms with Gasteiger partial charge in [0.1, 0.15) is 12.9 Å². The number of hydrogen-bond acceptors (Lipinski definition) is 5. The van der Waals surface area contributed by atoms with Crippen molar-refractivity contribution in [3.8, 4) is 0 Å². The van der Waals surface area contributed by atoms with Crippen molar-refractivity contribution in [2.75, 3.05) is 13.1 Å². The summed E-state index contributed by atoms with van der Waals surface area (Å²) in [6.07, 6.45) is 1.67. The third-order valence-electron chi connectivity index (χ3n) is 2.20. The number of aliphatic hydroxyl groups excluding tert-OH is 1. The molecule has 1 fully saturated rings. The predicted molar refractivity (Wildman–Crippen MR) is 45.0 cm³/mol. The molecular formula is C7H11N5O2. The quantitative estimate of drug-likeness (QED) is 0.608. The first-order chi connectivity index (χ1) is 6.75. The van der Waals surface area contributed by atoms with Crippen LogP contribution in [0.25, 0.3) is 0 Å². The lowest BCUT2D eigenvalue weighted by molar-refractivity contribution is -0.131. The molecule has 2 heterocycles. The molecular weight excluding hydrogens is 186 g/mol. The van der Waals surface area contributed by atoms with Crippen LogP contribution in [0, 0.1) is 0 Å². The summed E-state index contributed by atoms with van der Waals surface area (Å²) in [5, 5.41) is 19.7. The molecule has 1 amide bonds. The fraction of sp³-hybridized carbons (Fsp3) is 0.714. The highest BCUT2D eigenvalue weighted by Crippen LogP contribution is 2.08. The van der Waals surface area contributed by atoms with Crippen LogP contribution >= 0.6 is 0 Å². The van der Waals surface area contributed by atoms with Gasteiger partial charge in [0.25, 0.3) is 0 Å². The highest BCUT2D eigenvalue weighted by Gasteiger charge is 2.24. The van der Waals surface area contributed by atoms with E-state index in [-0.39, 0.29) is 18.6 Å². The number of tetrazole rings is 1. The monoisotopic (exact) mass is 197 g/mol. The van der Waals surface area contributed by atoms with Gasteiger partial charge in [-0.15, -0.1) is 5.10 Å². The average molecular weight is 197 g/mol. The number of likely N-dealkylation sites (tertiary alicyclic amines) is 1. The van der Waals surface area contributed by atoms with Gasteiger partial charge in [-0.3, -0.25) is 4.79 Å². The molecule has 0 aliphatic carbocycles. The highest BCUT2D eigenvalue weighted by molar-refractivity contribution is 5.76. The lowest BCUT2D eigenvalue weighted by Crippen LogP contribution is -2.32.